The minimum absolute atomic E-state index is 0.0598. The molecule has 80 heavy (non-hydrogen) atoms. The quantitative estimate of drug-likeness (QED) is 0.0344. The molecular weight excluding hydrogens is 1060 g/mol. The lowest BCUT2D eigenvalue weighted by atomic mass is 9.77. The van der Waals surface area contributed by atoms with E-state index in [1.54, 1.807) is 54.5 Å². The second kappa shape index (κ2) is 26.5. The van der Waals surface area contributed by atoms with Crippen LogP contribution < -0.4 is 11.5 Å². The standard InChI is InChI=1S/C31H37N5O5S.C28H31N5O4S/c1-38-15-17-40-30(37)31(41-18-16-39-2)13-11-22(12-14-31)26-27(42-3)28(32)36-29(35-26)24(20-34-36)23-9-10-25(33-19-23)21-7-5-4-6-8-21;1-36-14-15-37-28(27(34)35)12-10-19(11-13-28)23-24(38-2)25(29)33-26(32-23)21(17-31-33)20-8-9-22(30-16-20)18-6-4-3-5-7-18/h4-10,19-20,22H,11-18,32H2,1-3H3;3-9,16-17,19H,10-15,29H2,1-2H3,(H,34,35). The molecule has 8 aromatic rings. The van der Waals surface area contributed by atoms with Crippen molar-refractivity contribution >= 4 is 58.4 Å². The van der Waals surface area contributed by atoms with Crippen LogP contribution in [0.3, 0.4) is 0 Å². The number of rotatable bonds is 21. The number of methoxy groups -OCH3 is 3. The second-order valence-electron chi connectivity index (χ2n) is 19.7. The predicted octanol–water partition coefficient (Wildman–Crippen LogP) is 9.92. The summed E-state index contributed by atoms with van der Waals surface area (Å²) in [6.45, 7) is 1.83. The molecule has 0 bridgehead atoms. The van der Waals surface area contributed by atoms with Crippen LogP contribution in [-0.4, -0.2) is 141 Å². The zero-order valence-electron chi connectivity index (χ0n) is 45.7. The molecule has 0 unspecified atom stereocenters. The molecule has 0 aliphatic heterocycles. The maximum absolute atomic E-state index is 13.2. The molecular formula is C59H68N10O9S2. The van der Waals surface area contributed by atoms with Crippen LogP contribution in [0.4, 0.5) is 11.6 Å². The van der Waals surface area contributed by atoms with Crippen molar-refractivity contribution in [3.63, 3.8) is 0 Å². The number of nitrogens with two attached hydrogens (primary N) is 2. The number of anilines is 2. The number of carboxylic acids is 1. The lowest BCUT2D eigenvalue weighted by Gasteiger charge is -2.38. The van der Waals surface area contributed by atoms with Crippen LogP contribution in [-0.2, 0) is 38.0 Å². The number of fused-ring (bicyclic) bond motifs is 2. The number of aliphatic carboxylic acids is 1. The van der Waals surface area contributed by atoms with E-state index in [0.29, 0.717) is 101 Å². The highest BCUT2D eigenvalue weighted by Gasteiger charge is 2.46. The summed E-state index contributed by atoms with van der Waals surface area (Å²) in [7, 11) is 4.76. The lowest BCUT2D eigenvalue weighted by molar-refractivity contribution is -0.181. The Morgan fingerprint density at radius 2 is 0.975 bits per heavy atom. The van der Waals surface area contributed by atoms with Crippen molar-refractivity contribution in [2.24, 2.45) is 0 Å². The number of pyridine rings is 2. The number of carbonyl (C=O) groups excluding carboxylic acids is 1. The van der Waals surface area contributed by atoms with Gasteiger partial charge in [0.05, 0.1) is 78.0 Å². The number of esters is 1. The normalized spacial score (nSPS) is 19.2. The molecule has 21 heteroatoms. The third-order valence-corrected chi connectivity index (χ3v) is 16.7. The van der Waals surface area contributed by atoms with Crippen LogP contribution in [0, 0.1) is 0 Å². The maximum atomic E-state index is 13.2. The first-order chi connectivity index (χ1) is 39.0. The summed E-state index contributed by atoms with van der Waals surface area (Å²) in [5.74, 6) is -0.0494. The van der Waals surface area contributed by atoms with Gasteiger partial charge in [-0.2, -0.15) is 19.2 Å². The van der Waals surface area contributed by atoms with Crippen molar-refractivity contribution in [1.82, 2.24) is 39.2 Å². The molecule has 10 rings (SSSR count). The summed E-state index contributed by atoms with van der Waals surface area (Å²) < 4.78 is 36.1. The fourth-order valence-corrected chi connectivity index (χ4v) is 12.0. The molecule has 19 nitrogen and oxygen atoms in total. The summed E-state index contributed by atoms with van der Waals surface area (Å²) in [5.41, 5.74) is 21.6. The Hall–Kier alpha value is -6.98. The van der Waals surface area contributed by atoms with Crippen LogP contribution >= 0.6 is 23.5 Å². The molecule has 2 aliphatic rings. The number of hydrogen-bond donors (Lipinski definition) is 3. The first-order valence-corrected chi connectivity index (χ1v) is 29.0. The van der Waals surface area contributed by atoms with Gasteiger partial charge >= 0.3 is 11.9 Å². The number of ether oxygens (including phenoxy) is 6. The van der Waals surface area contributed by atoms with Crippen LogP contribution in [0.1, 0.15) is 74.6 Å². The number of carbonyl (C=O) groups is 2. The van der Waals surface area contributed by atoms with Gasteiger partial charge in [0.15, 0.2) is 22.5 Å². The predicted molar refractivity (Wildman–Crippen MR) is 310 cm³/mol. The van der Waals surface area contributed by atoms with Crippen molar-refractivity contribution in [1.29, 1.82) is 0 Å². The molecule has 0 atom stereocenters. The van der Waals surface area contributed by atoms with Crippen LogP contribution in [0.2, 0.25) is 0 Å². The Bertz CT molecular complexity index is 3350. The summed E-state index contributed by atoms with van der Waals surface area (Å²) in [5, 5.41) is 19.1. The number of nitrogens with zero attached hydrogens (tertiary/aromatic N) is 8. The van der Waals surface area contributed by atoms with Gasteiger partial charge in [0.1, 0.15) is 18.2 Å². The van der Waals surface area contributed by atoms with E-state index >= 15 is 0 Å². The Balaban J connectivity index is 0.000000195. The fourth-order valence-electron chi connectivity index (χ4n) is 10.6. The van der Waals surface area contributed by atoms with Crippen molar-refractivity contribution in [2.45, 2.75) is 84.2 Å². The largest absolute Gasteiger partial charge is 0.479 e. The molecule has 6 aromatic heterocycles. The molecule has 2 saturated carbocycles. The van der Waals surface area contributed by atoms with E-state index in [-0.39, 0.29) is 31.0 Å². The topological polar surface area (TPSA) is 248 Å². The summed E-state index contributed by atoms with van der Waals surface area (Å²) >= 11 is 3.09. The molecule has 0 spiro atoms. The Kier molecular flexibility index (Phi) is 19.1. The van der Waals surface area contributed by atoms with Crippen LogP contribution in [0.5, 0.6) is 0 Å². The van der Waals surface area contributed by atoms with Gasteiger partial charge < -0.3 is 45.0 Å². The highest BCUT2D eigenvalue weighted by atomic mass is 32.2. The van der Waals surface area contributed by atoms with Gasteiger partial charge in [-0.15, -0.1) is 23.5 Å². The smallest absolute Gasteiger partial charge is 0.338 e. The van der Waals surface area contributed by atoms with Crippen molar-refractivity contribution in [2.75, 3.05) is 84.9 Å². The number of nitrogen functional groups attached to an aromatic ring is 2. The molecule has 2 aromatic carbocycles. The van der Waals surface area contributed by atoms with E-state index in [0.717, 1.165) is 65.9 Å². The van der Waals surface area contributed by atoms with E-state index in [2.05, 4.69) is 15.2 Å². The van der Waals surface area contributed by atoms with Gasteiger partial charge in [-0.25, -0.2) is 19.6 Å². The SMILES string of the molecule is COCCOC(=O)C1(OCCOC)CCC(c2nc3c(-c4ccc(-c5ccccc5)nc4)cnn3c(N)c2SC)CC1.COCCOC1(C(=O)O)CCC(c2nc3c(-c4ccc(-c5ccccc5)nc4)cnn3c(N)c2SC)CC1. The summed E-state index contributed by atoms with van der Waals surface area (Å²) in [6.07, 6.45) is 15.7. The Labute approximate surface area is 473 Å². The van der Waals surface area contributed by atoms with Gasteiger partial charge in [-0.3, -0.25) is 9.97 Å². The zero-order valence-corrected chi connectivity index (χ0v) is 47.3. The molecule has 5 N–H and O–H groups in total. The number of thioether (sulfide) groups is 2. The molecule has 0 amide bonds. The van der Waals surface area contributed by atoms with Gasteiger partial charge in [-0.1, -0.05) is 72.8 Å². The van der Waals surface area contributed by atoms with Gasteiger partial charge in [0.2, 0.25) is 0 Å². The van der Waals surface area contributed by atoms with Crippen molar-refractivity contribution in [3.8, 4) is 44.8 Å². The van der Waals surface area contributed by atoms with Gasteiger partial charge in [-0.05, 0) is 76.0 Å². The fraction of sp³-hybridized carbons (Fsp3) is 0.390. The molecule has 6 heterocycles. The Morgan fingerprint density at radius 1 is 0.562 bits per heavy atom. The molecule has 0 radical (unpaired) electrons. The third kappa shape index (κ3) is 12.3. The second-order valence-corrected chi connectivity index (χ2v) is 21.3. The van der Waals surface area contributed by atoms with Crippen molar-refractivity contribution < 1.29 is 43.1 Å². The van der Waals surface area contributed by atoms with Crippen LogP contribution in [0.15, 0.2) is 120 Å². The first-order valence-electron chi connectivity index (χ1n) is 26.6. The number of aromatic nitrogens is 8. The van der Waals surface area contributed by atoms with E-state index < -0.39 is 17.2 Å². The molecule has 0 saturated heterocycles. The van der Waals surface area contributed by atoms with Gasteiger partial charge in [0.25, 0.3) is 0 Å². The minimum atomic E-state index is -1.20. The minimum Gasteiger partial charge on any atom is -0.479 e. The zero-order chi connectivity index (χ0) is 56.2. The lowest BCUT2D eigenvalue weighted by Crippen LogP contribution is -2.46. The summed E-state index contributed by atoms with van der Waals surface area (Å²) in [4.78, 5) is 46.7. The van der Waals surface area contributed by atoms with Crippen molar-refractivity contribution in [3.05, 3.63) is 121 Å². The Morgan fingerprint density at radius 3 is 1.36 bits per heavy atom. The molecule has 420 valence electrons. The first kappa shape index (κ1) is 57.7. The van der Waals surface area contributed by atoms with E-state index in [1.165, 1.54) is 11.8 Å². The van der Waals surface area contributed by atoms with E-state index in [4.69, 9.17) is 54.8 Å². The highest BCUT2D eigenvalue weighted by molar-refractivity contribution is 7.99. The number of hydrogen-bond acceptors (Lipinski definition) is 18. The van der Waals surface area contributed by atoms with Crippen LogP contribution in [0.25, 0.3) is 56.1 Å². The maximum Gasteiger partial charge on any atom is 0.338 e. The van der Waals surface area contributed by atoms with Gasteiger partial charge in [0, 0.05) is 78.9 Å². The monoisotopic (exact) mass is 1120 g/mol. The molecule has 2 aliphatic carbocycles. The van der Waals surface area contributed by atoms with E-state index in [1.807, 2.05) is 110 Å². The third-order valence-electron chi connectivity index (χ3n) is 15.0. The molecule has 2 fully saturated rings. The highest BCUT2D eigenvalue weighted by Crippen LogP contribution is 2.46. The average Bonchev–Trinajstić information content (AvgIpc) is 4.19. The number of carboxylic acid groups (broad SMARTS) is 1. The summed E-state index contributed by atoms with van der Waals surface area (Å²) in [6, 6.07) is 28.1. The van der Waals surface area contributed by atoms with E-state index in [9.17, 15) is 14.7 Å². The average molecular weight is 1130 g/mol. The number of benzene rings is 2.